The highest BCUT2D eigenvalue weighted by Gasteiger charge is 2.19. The molecule has 0 unspecified atom stereocenters. The van der Waals surface area contributed by atoms with Gasteiger partial charge in [-0.05, 0) is 47.2 Å². The molecule has 25 heavy (non-hydrogen) atoms. The molecule has 0 aliphatic rings. The second kappa shape index (κ2) is 8.05. The maximum Gasteiger partial charge on any atom is 0.252 e. The Morgan fingerprint density at radius 3 is 2.44 bits per heavy atom. The van der Waals surface area contributed by atoms with Crippen molar-refractivity contribution in [2.24, 2.45) is 0 Å². The summed E-state index contributed by atoms with van der Waals surface area (Å²) in [4.78, 5) is 13.8. The number of carbonyl (C=O) groups is 1. The lowest BCUT2D eigenvalue weighted by atomic mass is 10.0. The van der Waals surface area contributed by atoms with E-state index in [1.807, 2.05) is 17.5 Å². The van der Waals surface area contributed by atoms with Gasteiger partial charge in [0.25, 0.3) is 5.91 Å². The smallest absolute Gasteiger partial charge is 0.252 e. The lowest BCUT2D eigenvalue weighted by Gasteiger charge is -2.19. The average Bonchev–Trinajstić information content (AvgIpc) is 3.16. The molecule has 0 spiro atoms. The average molecular weight is 390 g/mol. The molecule has 1 atom stereocenters. The van der Waals surface area contributed by atoms with Gasteiger partial charge >= 0.3 is 0 Å². The second-order valence-electron chi connectivity index (χ2n) is 5.65. The van der Waals surface area contributed by atoms with Crippen molar-refractivity contribution in [1.82, 2.24) is 5.32 Å². The van der Waals surface area contributed by atoms with Crippen molar-refractivity contribution in [3.8, 4) is 0 Å². The van der Waals surface area contributed by atoms with E-state index in [0.717, 1.165) is 16.9 Å². The van der Waals surface area contributed by atoms with E-state index in [1.54, 1.807) is 29.5 Å². The highest BCUT2D eigenvalue weighted by molar-refractivity contribution is 7.10. The molecule has 0 aliphatic carbocycles. The molecule has 5 heteroatoms. The zero-order chi connectivity index (χ0) is 17.8. The topological polar surface area (TPSA) is 29.1 Å². The highest BCUT2D eigenvalue weighted by Crippen LogP contribution is 2.28. The molecule has 1 aromatic heterocycles. The Bertz CT molecular complexity index is 860. The van der Waals surface area contributed by atoms with Gasteiger partial charge in [-0.25, -0.2) is 0 Å². The molecule has 2 aromatic carbocycles. The number of carbonyl (C=O) groups excluding carboxylic acids is 1. The van der Waals surface area contributed by atoms with Crippen molar-refractivity contribution >= 4 is 40.4 Å². The molecule has 1 amide bonds. The van der Waals surface area contributed by atoms with Crippen LogP contribution in [0.1, 0.15) is 39.3 Å². The van der Waals surface area contributed by atoms with E-state index >= 15 is 0 Å². The summed E-state index contributed by atoms with van der Waals surface area (Å²) in [7, 11) is 0. The fourth-order valence-corrected chi connectivity index (χ4v) is 3.67. The first-order chi connectivity index (χ1) is 12.1. The van der Waals surface area contributed by atoms with Crippen molar-refractivity contribution in [2.75, 3.05) is 0 Å². The number of nitrogens with one attached hydrogen (secondary N) is 1. The Morgan fingerprint density at radius 1 is 1.08 bits per heavy atom. The fourth-order valence-electron chi connectivity index (χ4n) is 2.57. The minimum atomic E-state index is -0.201. The second-order valence-corrected chi connectivity index (χ2v) is 7.44. The van der Waals surface area contributed by atoms with E-state index in [4.69, 9.17) is 23.2 Å². The molecule has 0 radical (unpaired) electrons. The Morgan fingerprint density at radius 2 is 1.84 bits per heavy atom. The SMILES string of the molecule is CCc1ccc([C@@H](NC(=O)c2ccc(Cl)c(Cl)c2)c2cccs2)cc1. The van der Waals surface area contributed by atoms with E-state index in [0.29, 0.717) is 15.6 Å². The standard InChI is InChI=1S/C20H17Cl2NOS/c1-2-13-5-7-14(8-6-13)19(18-4-3-11-25-18)23-20(24)15-9-10-16(21)17(22)12-15/h3-12,19H,2H2,1H3,(H,23,24)/t19-/m1/s1. The largest absolute Gasteiger partial charge is 0.340 e. The van der Waals surface area contributed by atoms with Crippen LogP contribution in [0.25, 0.3) is 0 Å². The maximum atomic E-state index is 12.7. The molecular formula is C20H17Cl2NOS. The number of thiophene rings is 1. The zero-order valence-electron chi connectivity index (χ0n) is 13.6. The first kappa shape index (κ1) is 18.0. The maximum absolute atomic E-state index is 12.7. The predicted octanol–water partition coefficient (Wildman–Crippen LogP) is 6.14. The fraction of sp³-hybridized carbons (Fsp3) is 0.150. The Kier molecular flexibility index (Phi) is 5.79. The summed E-state index contributed by atoms with van der Waals surface area (Å²) in [5.74, 6) is -0.184. The van der Waals surface area contributed by atoms with Gasteiger partial charge in [0.1, 0.15) is 0 Å². The molecule has 3 aromatic rings. The van der Waals surface area contributed by atoms with Crippen LogP contribution in [0.2, 0.25) is 10.0 Å². The molecular weight excluding hydrogens is 373 g/mol. The van der Waals surface area contributed by atoms with E-state index in [2.05, 4.69) is 36.5 Å². The first-order valence-electron chi connectivity index (χ1n) is 7.96. The Hall–Kier alpha value is -1.81. The summed E-state index contributed by atoms with van der Waals surface area (Å²) in [6.07, 6.45) is 0.986. The molecule has 1 N–H and O–H groups in total. The van der Waals surface area contributed by atoms with Gasteiger partial charge in [0, 0.05) is 10.4 Å². The predicted molar refractivity (Wildman–Crippen MR) is 106 cm³/mol. The van der Waals surface area contributed by atoms with Gasteiger partial charge in [0.15, 0.2) is 0 Å². The van der Waals surface area contributed by atoms with Gasteiger partial charge < -0.3 is 5.32 Å². The lowest BCUT2D eigenvalue weighted by molar-refractivity contribution is 0.0943. The Balaban J connectivity index is 1.89. The third kappa shape index (κ3) is 4.24. The molecule has 3 rings (SSSR count). The number of hydrogen-bond donors (Lipinski definition) is 1. The molecule has 2 nitrogen and oxygen atoms in total. The Labute approximate surface area is 161 Å². The van der Waals surface area contributed by atoms with Crippen LogP contribution in [-0.2, 0) is 6.42 Å². The number of rotatable bonds is 5. The molecule has 0 aliphatic heterocycles. The molecule has 0 fully saturated rings. The van der Waals surface area contributed by atoms with Crippen molar-refractivity contribution < 1.29 is 4.79 Å². The van der Waals surface area contributed by atoms with Crippen LogP contribution in [0.5, 0.6) is 0 Å². The normalized spacial score (nSPS) is 12.0. The van der Waals surface area contributed by atoms with Crippen LogP contribution in [0.3, 0.4) is 0 Å². The lowest BCUT2D eigenvalue weighted by Crippen LogP contribution is -2.28. The van der Waals surface area contributed by atoms with Crippen LogP contribution in [0.4, 0.5) is 0 Å². The summed E-state index contributed by atoms with van der Waals surface area (Å²) in [5, 5.41) is 5.92. The van der Waals surface area contributed by atoms with Crippen molar-refractivity contribution in [2.45, 2.75) is 19.4 Å². The number of amides is 1. The number of aryl methyl sites for hydroxylation is 1. The van der Waals surface area contributed by atoms with Gasteiger partial charge in [-0.2, -0.15) is 0 Å². The minimum Gasteiger partial charge on any atom is -0.340 e. The third-order valence-corrected chi connectivity index (χ3v) is 5.68. The summed E-state index contributed by atoms with van der Waals surface area (Å²) >= 11 is 13.6. The molecule has 0 saturated carbocycles. The van der Waals surface area contributed by atoms with E-state index < -0.39 is 0 Å². The molecule has 0 saturated heterocycles. The van der Waals surface area contributed by atoms with Gasteiger partial charge in [-0.1, -0.05) is 60.5 Å². The van der Waals surface area contributed by atoms with E-state index in [-0.39, 0.29) is 11.9 Å². The highest BCUT2D eigenvalue weighted by atomic mass is 35.5. The van der Waals surface area contributed by atoms with E-state index in [9.17, 15) is 4.79 Å². The summed E-state index contributed by atoms with van der Waals surface area (Å²) < 4.78 is 0. The van der Waals surface area contributed by atoms with E-state index in [1.165, 1.54) is 5.56 Å². The van der Waals surface area contributed by atoms with Crippen molar-refractivity contribution in [1.29, 1.82) is 0 Å². The summed E-state index contributed by atoms with van der Waals surface area (Å²) in [6.45, 7) is 2.12. The first-order valence-corrected chi connectivity index (χ1v) is 9.60. The number of halogens is 2. The van der Waals surface area contributed by atoms with Crippen molar-refractivity contribution in [3.05, 3.63) is 91.6 Å². The van der Waals surface area contributed by atoms with Crippen molar-refractivity contribution in [3.63, 3.8) is 0 Å². The quantitative estimate of drug-likeness (QED) is 0.557. The number of benzene rings is 2. The molecule has 0 bridgehead atoms. The summed E-state index contributed by atoms with van der Waals surface area (Å²) in [6, 6.07) is 17.0. The van der Waals surface area contributed by atoms with Gasteiger partial charge in [-0.3, -0.25) is 4.79 Å². The zero-order valence-corrected chi connectivity index (χ0v) is 16.0. The van der Waals surface area contributed by atoms with Crippen LogP contribution >= 0.6 is 34.5 Å². The van der Waals surface area contributed by atoms with Gasteiger partial charge in [0.05, 0.1) is 16.1 Å². The summed E-state index contributed by atoms with van der Waals surface area (Å²) in [5.41, 5.74) is 2.80. The van der Waals surface area contributed by atoms with Crippen LogP contribution in [0, 0.1) is 0 Å². The minimum absolute atomic E-state index is 0.184. The molecule has 128 valence electrons. The number of hydrogen-bond acceptors (Lipinski definition) is 2. The van der Waals surface area contributed by atoms with Gasteiger partial charge in [0.2, 0.25) is 0 Å². The van der Waals surface area contributed by atoms with Crippen LogP contribution < -0.4 is 5.32 Å². The molecule has 1 heterocycles. The van der Waals surface area contributed by atoms with Crippen LogP contribution in [0.15, 0.2) is 60.0 Å². The monoisotopic (exact) mass is 389 g/mol. The van der Waals surface area contributed by atoms with Gasteiger partial charge in [-0.15, -0.1) is 11.3 Å². The third-order valence-electron chi connectivity index (χ3n) is 4.01. The van der Waals surface area contributed by atoms with Crippen LogP contribution in [-0.4, -0.2) is 5.91 Å².